The molecule has 2 saturated heterocycles. The molecule has 2 heterocycles. The van der Waals surface area contributed by atoms with E-state index in [2.05, 4.69) is 10.2 Å². The van der Waals surface area contributed by atoms with Gasteiger partial charge in [-0.15, -0.1) is 0 Å². The molecule has 0 spiro atoms. The number of hydrogen-bond donors (Lipinski definition) is 2. The second kappa shape index (κ2) is 6.56. The molecule has 0 aromatic heterocycles. The fraction of sp³-hybridized carbons (Fsp3) is 0.533. The van der Waals surface area contributed by atoms with Gasteiger partial charge in [-0.25, -0.2) is 8.42 Å². The number of rotatable bonds is 4. The molecule has 1 atom stereocenters. The Morgan fingerprint density at radius 2 is 1.78 bits per heavy atom. The number of nitrogens with two attached hydrogens (primary N) is 1. The third-order valence-electron chi connectivity index (χ3n) is 4.57. The van der Waals surface area contributed by atoms with E-state index < -0.39 is 15.9 Å². The maximum absolute atomic E-state index is 12.7. The summed E-state index contributed by atoms with van der Waals surface area (Å²) in [6, 6.07) is 6.11. The number of carbonyl (C=O) groups is 1. The van der Waals surface area contributed by atoms with E-state index in [1.165, 1.54) is 24.3 Å². The lowest BCUT2D eigenvalue weighted by Gasteiger charge is -2.32. The average Bonchev–Trinajstić information content (AvgIpc) is 3.06. The molecule has 0 bridgehead atoms. The van der Waals surface area contributed by atoms with Crippen molar-refractivity contribution in [2.24, 2.45) is 5.73 Å². The zero-order valence-electron chi connectivity index (χ0n) is 12.9. The fourth-order valence-corrected chi connectivity index (χ4v) is 4.71. The number of nitrogens with one attached hydrogen (secondary N) is 1. The Morgan fingerprint density at radius 3 is 2.39 bits per heavy atom. The van der Waals surface area contributed by atoms with E-state index in [1.54, 1.807) is 4.31 Å². The van der Waals surface area contributed by atoms with Crippen molar-refractivity contribution in [2.45, 2.75) is 17.4 Å². The predicted octanol–water partition coefficient (Wildman–Crippen LogP) is -0.546. The topological polar surface area (TPSA) is 95.7 Å². The predicted molar refractivity (Wildman–Crippen MR) is 86.6 cm³/mol. The van der Waals surface area contributed by atoms with Crippen LogP contribution in [0.5, 0.6) is 0 Å². The summed E-state index contributed by atoms with van der Waals surface area (Å²) in [6.45, 7) is 4.90. The van der Waals surface area contributed by atoms with Gasteiger partial charge in [-0.05, 0) is 30.7 Å². The van der Waals surface area contributed by atoms with Crippen LogP contribution in [0.25, 0.3) is 0 Å². The Hall–Kier alpha value is -1.48. The van der Waals surface area contributed by atoms with Gasteiger partial charge in [0, 0.05) is 50.9 Å². The van der Waals surface area contributed by atoms with Crippen molar-refractivity contribution < 1.29 is 13.2 Å². The number of amides is 1. The summed E-state index contributed by atoms with van der Waals surface area (Å²) in [7, 11) is -3.51. The molecule has 1 aromatic rings. The molecule has 3 N–H and O–H groups in total. The molecule has 2 aliphatic heterocycles. The third kappa shape index (κ3) is 3.40. The summed E-state index contributed by atoms with van der Waals surface area (Å²) < 4.78 is 27.0. The van der Waals surface area contributed by atoms with E-state index in [0.717, 1.165) is 32.6 Å². The van der Waals surface area contributed by atoms with Gasteiger partial charge in [0.2, 0.25) is 15.9 Å². The molecular weight excluding hydrogens is 316 g/mol. The number of piperazine rings is 1. The maximum atomic E-state index is 12.7. The molecule has 0 saturated carbocycles. The van der Waals surface area contributed by atoms with Crippen molar-refractivity contribution in [3.63, 3.8) is 0 Å². The SMILES string of the molecule is NC(=O)c1ccc(S(=O)(=O)N2CCC(N3CCNCC3)C2)cc1. The minimum Gasteiger partial charge on any atom is -0.366 e. The van der Waals surface area contributed by atoms with Crippen LogP contribution in [0, 0.1) is 0 Å². The molecule has 126 valence electrons. The standard InChI is InChI=1S/C15H22N4O3S/c16-15(20)12-1-3-14(4-2-12)23(21,22)19-8-5-13(11-19)18-9-6-17-7-10-18/h1-4,13,17H,5-11H2,(H2,16,20). The van der Waals surface area contributed by atoms with Crippen LogP contribution in [0.3, 0.4) is 0 Å². The second-order valence-corrected chi connectivity index (χ2v) is 7.92. The quantitative estimate of drug-likeness (QED) is 0.768. The molecule has 7 nitrogen and oxygen atoms in total. The molecule has 0 aliphatic carbocycles. The highest BCUT2D eigenvalue weighted by atomic mass is 32.2. The fourth-order valence-electron chi connectivity index (χ4n) is 3.21. The molecule has 8 heteroatoms. The molecule has 1 amide bonds. The first-order chi connectivity index (χ1) is 11.0. The molecule has 1 unspecified atom stereocenters. The smallest absolute Gasteiger partial charge is 0.248 e. The van der Waals surface area contributed by atoms with Crippen LogP contribution >= 0.6 is 0 Å². The number of carbonyl (C=O) groups excluding carboxylic acids is 1. The van der Waals surface area contributed by atoms with Crippen LogP contribution in [0.15, 0.2) is 29.2 Å². The summed E-state index contributed by atoms with van der Waals surface area (Å²) in [5.74, 6) is -0.561. The van der Waals surface area contributed by atoms with Crippen LogP contribution in [0.2, 0.25) is 0 Å². The van der Waals surface area contributed by atoms with Gasteiger partial charge in [-0.3, -0.25) is 9.69 Å². The second-order valence-electron chi connectivity index (χ2n) is 5.98. The molecule has 1 aromatic carbocycles. The first-order valence-corrected chi connectivity index (χ1v) is 9.27. The highest BCUT2D eigenvalue weighted by molar-refractivity contribution is 7.89. The highest BCUT2D eigenvalue weighted by Crippen LogP contribution is 2.24. The summed E-state index contributed by atoms with van der Waals surface area (Å²) >= 11 is 0. The molecule has 3 rings (SSSR count). The molecule has 0 radical (unpaired) electrons. The van der Waals surface area contributed by atoms with Crippen molar-refractivity contribution in [1.82, 2.24) is 14.5 Å². The summed E-state index contributed by atoms with van der Waals surface area (Å²) in [4.78, 5) is 13.7. The Labute approximate surface area is 136 Å². The Balaban J connectivity index is 1.71. The van der Waals surface area contributed by atoms with E-state index in [1.807, 2.05) is 0 Å². The van der Waals surface area contributed by atoms with Crippen molar-refractivity contribution in [2.75, 3.05) is 39.3 Å². The Bertz CT molecular complexity index is 668. The zero-order chi connectivity index (χ0) is 16.4. The van der Waals surface area contributed by atoms with E-state index in [4.69, 9.17) is 5.73 Å². The highest BCUT2D eigenvalue weighted by Gasteiger charge is 2.35. The third-order valence-corrected chi connectivity index (χ3v) is 6.45. The van der Waals surface area contributed by atoms with Crippen LogP contribution in [-0.2, 0) is 10.0 Å². The van der Waals surface area contributed by atoms with E-state index in [9.17, 15) is 13.2 Å². The van der Waals surface area contributed by atoms with Crippen molar-refractivity contribution >= 4 is 15.9 Å². The largest absolute Gasteiger partial charge is 0.366 e. The lowest BCUT2D eigenvalue weighted by molar-refractivity contribution is 0.1000. The average molecular weight is 338 g/mol. The van der Waals surface area contributed by atoms with E-state index in [0.29, 0.717) is 18.7 Å². The van der Waals surface area contributed by atoms with Gasteiger partial charge in [-0.1, -0.05) is 0 Å². The minimum absolute atomic E-state index is 0.212. The summed E-state index contributed by atoms with van der Waals surface area (Å²) in [5.41, 5.74) is 5.50. The van der Waals surface area contributed by atoms with Gasteiger partial charge in [0.25, 0.3) is 0 Å². The molecule has 23 heavy (non-hydrogen) atoms. The van der Waals surface area contributed by atoms with Gasteiger partial charge in [0.1, 0.15) is 0 Å². The number of sulfonamides is 1. The number of hydrogen-bond acceptors (Lipinski definition) is 5. The lowest BCUT2D eigenvalue weighted by Crippen LogP contribution is -2.49. The van der Waals surface area contributed by atoms with Crippen molar-refractivity contribution in [3.8, 4) is 0 Å². The van der Waals surface area contributed by atoms with Gasteiger partial charge in [0.15, 0.2) is 0 Å². The maximum Gasteiger partial charge on any atom is 0.248 e. The van der Waals surface area contributed by atoms with Crippen LogP contribution in [0.4, 0.5) is 0 Å². The van der Waals surface area contributed by atoms with Crippen LogP contribution in [0.1, 0.15) is 16.8 Å². The zero-order valence-corrected chi connectivity index (χ0v) is 13.8. The lowest BCUT2D eigenvalue weighted by atomic mass is 10.2. The van der Waals surface area contributed by atoms with Crippen molar-refractivity contribution in [3.05, 3.63) is 29.8 Å². The number of nitrogens with zero attached hydrogens (tertiary/aromatic N) is 2. The van der Waals surface area contributed by atoms with Crippen LogP contribution in [-0.4, -0.2) is 68.8 Å². The first kappa shape index (κ1) is 16.4. The Kier molecular flexibility index (Phi) is 4.67. The van der Waals surface area contributed by atoms with E-state index in [-0.39, 0.29) is 10.9 Å². The number of benzene rings is 1. The number of primary amides is 1. The molecule has 2 fully saturated rings. The van der Waals surface area contributed by atoms with Gasteiger partial charge < -0.3 is 11.1 Å². The normalized spacial score (nSPS) is 23.9. The Morgan fingerprint density at radius 1 is 1.13 bits per heavy atom. The summed E-state index contributed by atoms with van der Waals surface area (Å²) in [5, 5.41) is 3.31. The minimum atomic E-state index is -3.51. The first-order valence-electron chi connectivity index (χ1n) is 7.83. The van der Waals surface area contributed by atoms with Gasteiger partial charge in [0.05, 0.1) is 4.90 Å². The summed E-state index contributed by atoms with van der Waals surface area (Å²) in [6.07, 6.45) is 0.860. The van der Waals surface area contributed by atoms with Crippen molar-refractivity contribution in [1.29, 1.82) is 0 Å². The van der Waals surface area contributed by atoms with Gasteiger partial charge in [-0.2, -0.15) is 4.31 Å². The van der Waals surface area contributed by atoms with E-state index >= 15 is 0 Å². The molecule has 2 aliphatic rings. The molecular formula is C15H22N4O3S. The van der Waals surface area contributed by atoms with Gasteiger partial charge >= 0.3 is 0 Å². The monoisotopic (exact) mass is 338 g/mol. The van der Waals surface area contributed by atoms with Crippen LogP contribution < -0.4 is 11.1 Å².